The van der Waals surface area contributed by atoms with E-state index in [4.69, 9.17) is 33.2 Å². The minimum atomic E-state index is -1.09. The molecule has 0 amide bonds. The number of ether oxygens (including phenoxy) is 7. The van der Waals surface area contributed by atoms with Crippen molar-refractivity contribution in [2.24, 2.45) is 23.7 Å². The Labute approximate surface area is 269 Å². The average Bonchev–Trinajstić information content (AvgIpc) is 3.85. The Balaban J connectivity index is 1.16. The van der Waals surface area contributed by atoms with Crippen LogP contribution in [-0.4, -0.2) is 73.8 Å². The van der Waals surface area contributed by atoms with Gasteiger partial charge in [-0.05, 0) is 77.1 Å². The molecule has 0 radical (unpaired) electrons. The van der Waals surface area contributed by atoms with E-state index in [9.17, 15) is 20.1 Å². The quantitative estimate of drug-likeness (QED) is 0.332. The topological polar surface area (TPSA) is 142 Å². The molecule has 3 fully saturated rings. The normalized spacial score (nSPS) is 34.3. The SMILES string of the molecule is COc1cc([C@@H]2c3cc4c(cc3[C@@H](C[C@@H]3C[C@@H]5COC(c6cccs6)O[C@H]5[C@H](O)[C@H]3O)[C@H]3COC(=O)[C@H]23)OCO4)cc(OC)c1O. The average molecular weight is 653 g/mol. The summed E-state index contributed by atoms with van der Waals surface area (Å²) in [6.45, 7) is 0.719. The molecule has 3 aromatic rings. The van der Waals surface area contributed by atoms with E-state index in [1.54, 1.807) is 12.1 Å². The third-order valence-electron chi connectivity index (χ3n) is 10.5. The van der Waals surface area contributed by atoms with Gasteiger partial charge in [0.2, 0.25) is 12.5 Å². The largest absolute Gasteiger partial charge is 0.502 e. The molecule has 1 saturated carbocycles. The molecule has 244 valence electrons. The van der Waals surface area contributed by atoms with Gasteiger partial charge in [0.05, 0.1) is 50.4 Å². The molecule has 0 spiro atoms. The molecule has 1 aromatic heterocycles. The fourth-order valence-electron chi connectivity index (χ4n) is 8.37. The molecule has 3 N–H and O–H groups in total. The van der Waals surface area contributed by atoms with Gasteiger partial charge in [-0.2, -0.15) is 0 Å². The number of aliphatic hydroxyl groups is 2. The second kappa shape index (κ2) is 11.6. The van der Waals surface area contributed by atoms with Crippen molar-refractivity contribution >= 4 is 17.3 Å². The van der Waals surface area contributed by atoms with Gasteiger partial charge < -0.3 is 48.5 Å². The number of phenols is 1. The fourth-order valence-corrected chi connectivity index (χ4v) is 9.08. The van der Waals surface area contributed by atoms with Crippen molar-refractivity contribution in [3.63, 3.8) is 0 Å². The van der Waals surface area contributed by atoms with Gasteiger partial charge in [0, 0.05) is 17.8 Å². The number of benzene rings is 2. The van der Waals surface area contributed by atoms with Gasteiger partial charge in [0.15, 0.2) is 29.3 Å². The highest BCUT2D eigenvalue weighted by Crippen LogP contribution is 2.58. The summed E-state index contributed by atoms with van der Waals surface area (Å²) in [4.78, 5) is 14.5. The molecule has 4 heterocycles. The summed E-state index contributed by atoms with van der Waals surface area (Å²) in [6, 6.07) is 11.2. The first-order valence-electron chi connectivity index (χ1n) is 15.6. The summed E-state index contributed by atoms with van der Waals surface area (Å²) in [6.07, 6.45) is -2.12. The van der Waals surface area contributed by atoms with Gasteiger partial charge in [0.25, 0.3) is 0 Å². The third-order valence-corrected chi connectivity index (χ3v) is 11.4. The van der Waals surface area contributed by atoms with Crippen molar-refractivity contribution in [3.8, 4) is 28.7 Å². The highest BCUT2D eigenvalue weighted by molar-refractivity contribution is 7.10. The lowest BCUT2D eigenvalue weighted by Crippen LogP contribution is -2.56. The predicted molar refractivity (Wildman–Crippen MR) is 162 cm³/mol. The maximum Gasteiger partial charge on any atom is 0.310 e. The first kappa shape index (κ1) is 29.8. The van der Waals surface area contributed by atoms with Crippen molar-refractivity contribution < 1.29 is 53.3 Å². The minimum absolute atomic E-state index is 0.0897. The summed E-state index contributed by atoms with van der Waals surface area (Å²) < 4.78 is 40.6. The van der Waals surface area contributed by atoms with Crippen molar-refractivity contribution in [1.29, 1.82) is 0 Å². The maximum atomic E-state index is 13.6. The number of methoxy groups -OCH3 is 2. The molecule has 3 aliphatic heterocycles. The summed E-state index contributed by atoms with van der Waals surface area (Å²) in [5.74, 6) is -0.579. The lowest BCUT2D eigenvalue weighted by atomic mass is 9.60. The standard InChI is InChI=1S/C34H36O11S/c1-39-24-8-15(9-25(40-2)30(24)36)27-20-11-23-22(43-14-44-23)10-19(20)18(21-13-41-33(38)28(21)27)7-16-6-17-12-42-34(26-4-3-5-46-26)45-32(17)31(37)29(16)35/h3-5,8-11,16-18,21,27-29,31-32,34-37H,6-7,12-14H2,1-2H3/t16-,17+,18+,21+,27+,28-,29-,31+,32+,34?/m0/s1. The Bertz CT molecular complexity index is 1600. The number of thiophene rings is 1. The summed E-state index contributed by atoms with van der Waals surface area (Å²) in [5.41, 5.74) is 2.57. The van der Waals surface area contributed by atoms with Gasteiger partial charge in [-0.25, -0.2) is 0 Å². The Morgan fingerprint density at radius 3 is 2.39 bits per heavy atom. The maximum absolute atomic E-state index is 13.6. The van der Waals surface area contributed by atoms with E-state index < -0.39 is 36.4 Å². The minimum Gasteiger partial charge on any atom is -0.502 e. The number of fused-ring (bicyclic) bond motifs is 4. The van der Waals surface area contributed by atoms with Crippen molar-refractivity contribution in [1.82, 2.24) is 0 Å². The van der Waals surface area contributed by atoms with E-state index in [1.807, 2.05) is 29.6 Å². The second-order valence-corrected chi connectivity index (χ2v) is 13.7. The monoisotopic (exact) mass is 652 g/mol. The smallest absolute Gasteiger partial charge is 0.310 e. The zero-order valence-electron chi connectivity index (χ0n) is 25.4. The number of rotatable bonds is 6. The predicted octanol–water partition coefficient (Wildman–Crippen LogP) is 4.08. The highest BCUT2D eigenvalue weighted by atomic mass is 32.1. The Morgan fingerprint density at radius 1 is 0.957 bits per heavy atom. The van der Waals surface area contributed by atoms with Crippen LogP contribution in [0.15, 0.2) is 41.8 Å². The zero-order chi connectivity index (χ0) is 31.7. The van der Waals surface area contributed by atoms with Crippen molar-refractivity contribution in [3.05, 3.63) is 63.3 Å². The van der Waals surface area contributed by atoms with Crippen LogP contribution in [0.25, 0.3) is 0 Å². The second-order valence-electron chi connectivity index (χ2n) is 12.8. The molecule has 0 bridgehead atoms. The molecule has 1 unspecified atom stereocenters. The lowest BCUT2D eigenvalue weighted by Gasteiger charge is -2.48. The number of hydrogen-bond donors (Lipinski definition) is 3. The number of carbonyl (C=O) groups is 1. The van der Waals surface area contributed by atoms with E-state index >= 15 is 0 Å². The molecule has 10 atom stereocenters. The fraction of sp³-hybridized carbons (Fsp3) is 0.500. The number of cyclic esters (lactones) is 1. The molecular formula is C34H36O11S. The van der Waals surface area contributed by atoms with Gasteiger partial charge in [-0.15, -0.1) is 11.3 Å². The van der Waals surface area contributed by atoms with Crippen molar-refractivity contribution in [2.75, 3.05) is 34.2 Å². The van der Waals surface area contributed by atoms with E-state index in [1.165, 1.54) is 25.6 Å². The van der Waals surface area contributed by atoms with Crippen LogP contribution in [0.4, 0.5) is 0 Å². The van der Waals surface area contributed by atoms with Crippen LogP contribution in [0, 0.1) is 23.7 Å². The molecule has 2 aromatic carbocycles. The van der Waals surface area contributed by atoms with Crippen LogP contribution in [-0.2, 0) is 19.0 Å². The Morgan fingerprint density at radius 2 is 1.70 bits per heavy atom. The van der Waals surface area contributed by atoms with E-state index in [-0.39, 0.29) is 60.3 Å². The number of carbonyl (C=O) groups excluding carboxylic acids is 1. The number of phenolic OH excluding ortho intramolecular Hbond substituents is 1. The first-order chi connectivity index (χ1) is 22.4. The van der Waals surface area contributed by atoms with Crippen LogP contribution in [0.1, 0.15) is 52.5 Å². The van der Waals surface area contributed by atoms with Gasteiger partial charge >= 0.3 is 5.97 Å². The van der Waals surface area contributed by atoms with Crippen molar-refractivity contribution in [2.45, 2.75) is 49.3 Å². The number of aliphatic hydroxyl groups excluding tert-OH is 2. The molecule has 11 nitrogen and oxygen atoms in total. The zero-order valence-corrected chi connectivity index (χ0v) is 26.2. The summed E-state index contributed by atoms with van der Waals surface area (Å²) >= 11 is 1.53. The number of hydrogen-bond acceptors (Lipinski definition) is 12. The lowest BCUT2D eigenvalue weighted by molar-refractivity contribution is -0.287. The Hall–Kier alpha value is -3.55. The molecule has 5 aliphatic rings. The summed E-state index contributed by atoms with van der Waals surface area (Å²) in [5, 5.41) is 35.5. The van der Waals surface area contributed by atoms with Crippen LogP contribution in [0.5, 0.6) is 28.7 Å². The first-order valence-corrected chi connectivity index (χ1v) is 16.5. The third kappa shape index (κ3) is 4.72. The van der Waals surface area contributed by atoms with E-state index in [2.05, 4.69) is 0 Å². The molecule has 8 rings (SSSR count). The van der Waals surface area contributed by atoms with Crippen LogP contribution in [0.2, 0.25) is 0 Å². The highest BCUT2D eigenvalue weighted by Gasteiger charge is 2.55. The van der Waals surface area contributed by atoms with Crippen LogP contribution < -0.4 is 18.9 Å². The molecule has 46 heavy (non-hydrogen) atoms. The van der Waals surface area contributed by atoms with Gasteiger partial charge in [0.1, 0.15) is 6.10 Å². The van der Waals surface area contributed by atoms with E-state index in [0.717, 1.165) is 21.6 Å². The van der Waals surface area contributed by atoms with Gasteiger partial charge in [-0.3, -0.25) is 4.79 Å². The molecule has 2 aliphatic carbocycles. The molecule has 2 saturated heterocycles. The number of aromatic hydroxyl groups is 1. The van der Waals surface area contributed by atoms with Crippen LogP contribution in [0.3, 0.4) is 0 Å². The number of esters is 1. The van der Waals surface area contributed by atoms with Crippen LogP contribution >= 0.6 is 11.3 Å². The molecular weight excluding hydrogens is 616 g/mol. The van der Waals surface area contributed by atoms with E-state index in [0.29, 0.717) is 30.9 Å². The molecule has 12 heteroatoms. The Kier molecular flexibility index (Phi) is 7.52. The summed E-state index contributed by atoms with van der Waals surface area (Å²) in [7, 11) is 2.93. The van der Waals surface area contributed by atoms with Gasteiger partial charge in [-0.1, -0.05) is 6.07 Å².